The molecular formula is C22H25FN2O7. The number of alkyl halides is 1. The summed E-state index contributed by atoms with van der Waals surface area (Å²) in [5.74, 6) is -0.731. The summed E-state index contributed by atoms with van der Waals surface area (Å²) in [5.41, 5.74) is 1.06. The molecule has 2 atom stereocenters. The maximum atomic E-state index is 13.3. The van der Waals surface area contributed by atoms with Gasteiger partial charge < -0.3 is 19.5 Å². The Kier molecular flexibility index (Phi) is 9.40. The Morgan fingerprint density at radius 3 is 2.50 bits per heavy atom. The van der Waals surface area contributed by atoms with E-state index in [0.29, 0.717) is 5.56 Å². The molecule has 0 aliphatic carbocycles. The van der Waals surface area contributed by atoms with Crippen molar-refractivity contribution in [3.05, 3.63) is 69.8 Å². The molecule has 2 rings (SSSR count). The zero-order valence-electron chi connectivity index (χ0n) is 17.8. The molecule has 9 nitrogen and oxygen atoms in total. The highest BCUT2D eigenvalue weighted by Gasteiger charge is 2.25. The van der Waals surface area contributed by atoms with Gasteiger partial charge in [0.15, 0.2) is 5.75 Å². The summed E-state index contributed by atoms with van der Waals surface area (Å²) in [6.45, 7) is 1.28. The number of hydrogen-bond acceptors (Lipinski definition) is 7. The van der Waals surface area contributed by atoms with Gasteiger partial charge in [0.1, 0.15) is 25.4 Å². The number of nitrogens with zero attached hydrogens (tertiary/aromatic N) is 1. The molecule has 1 amide bonds. The average Bonchev–Trinajstić information content (AvgIpc) is 2.80. The summed E-state index contributed by atoms with van der Waals surface area (Å²) in [7, 11) is 1.15. The van der Waals surface area contributed by atoms with Crippen LogP contribution in [0.4, 0.5) is 14.9 Å². The number of nitro groups is 1. The van der Waals surface area contributed by atoms with Crippen LogP contribution in [0.3, 0.4) is 0 Å². The van der Waals surface area contributed by atoms with Gasteiger partial charge in [-0.25, -0.2) is 14.0 Å². The minimum atomic E-state index is -1.31. The number of carbonyl (C=O) groups is 2. The maximum Gasteiger partial charge on any atom is 0.407 e. The zero-order chi connectivity index (χ0) is 23.5. The van der Waals surface area contributed by atoms with Crippen LogP contribution in [0.2, 0.25) is 0 Å². The highest BCUT2D eigenvalue weighted by atomic mass is 19.1. The van der Waals surface area contributed by atoms with Gasteiger partial charge in [-0.05, 0) is 23.6 Å². The molecular weight excluding hydrogens is 423 g/mol. The third-order valence-electron chi connectivity index (χ3n) is 4.51. The normalized spacial score (nSPS) is 12.3. The molecule has 10 heteroatoms. The zero-order valence-corrected chi connectivity index (χ0v) is 17.8. The number of esters is 1. The first-order valence-corrected chi connectivity index (χ1v) is 9.93. The van der Waals surface area contributed by atoms with Gasteiger partial charge in [-0.1, -0.05) is 43.3 Å². The Morgan fingerprint density at radius 2 is 1.88 bits per heavy atom. The summed E-state index contributed by atoms with van der Waals surface area (Å²) in [5, 5.41) is 13.7. The number of ether oxygens (including phenoxy) is 3. The maximum absolute atomic E-state index is 13.3. The summed E-state index contributed by atoms with van der Waals surface area (Å²) >= 11 is 0. The molecule has 32 heavy (non-hydrogen) atoms. The number of methoxy groups -OCH3 is 1. The second kappa shape index (κ2) is 12.2. The lowest BCUT2D eigenvalue weighted by Gasteiger charge is -2.17. The van der Waals surface area contributed by atoms with E-state index in [0.717, 1.165) is 12.7 Å². The Balaban J connectivity index is 2.15. The van der Waals surface area contributed by atoms with Crippen molar-refractivity contribution in [1.29, 1.82) is 0 Å². The number of nitro benzene ring substituents is 1. The Hall–Kier alpha value is -3.69. The van der Waals surface area contributed by atoms with E-state index in [1.807, 2.05) is 30.3 Å². The van der Waals surface area contributed by atoms with Crippen molar-refractivity contribution in [2.24, 2.45) is 0 Å². The largest absolute Gasteiger partial charge is 0.482 e. The second-order valence-corrected chi connectivity index (χ2v) is 6.86. The lowest BCUT2D eigenvalue weighted by molar-refractivity contribution is -0.386. The topological polar surface area (TPSA) is 117 Å². The van der Waals surface area contributed by atoms with Crippen LogP contribution < -0.4 is 10.1 Å². The molecule has 0 aromatic heterocycles. The standard InChI is InChI=1S/C22H25FN2O7/c1-3-17(23)14-32-22(27)24-18(21(26)30-2)11-16-9-10-19(25(28)29)20(12-16)31-13-15-7-5-4-6-8-15/h4-10,12,17-18H,3,11,13-14H2,1-2H3,(H,24,27). The van der Waals surface area contributed by atoms with Gasteiger partial charge in [-0.2, -0.15) is 0 Å². The number of alkyl carbamates (subject to hydrolysis) is 1. The van der Waals surface area contributed by atoms with E-state index in [9.17, 15) is 24.1 Å². The predicted octanol–water partition coefficient (Wildman–Crippen LogP) is 3.73. The number of amides is 1. The molecule has 0 saturated heterocycles. The minimum Gasteiger partial charge on any atom is -0.482 e. The van der Waals surface area contributed by atoms with Crippen LogP contribution in [0.5, 0.6) is 5.75 Å². The van der Waals surface area contributed by atoms with Crippen LogP contribution in [0.25, 0.3) is 0 Å². The predicted molar refractivity (Wildman–Crippen MR) is 113 cm³/mol. The van der Waals surface area contributed by atoms with E-state index in [-0.39, 0.29) is 30.9 Å². The first-order valence-electron chi connectivity index (χ1n) is 9.93. The SMILES string of the molecule is CCC(F)COC(=O)NC(Cc1ccc([N+](=O)[O-])c(OCc2ccccc2)c1)C(=O)OC. The molecule has 1 N–H and O–H groups in total. The summed E-state index contributed by atoms with van der Waals surface area (Å²) in [4.78, 5) is 34.8. The lowest BCUT2D eigenvalue weighted by atomic mass is 10.0. The molecule has 2 aromatic carbocycles. The summed E-state index contributed by atoms with van der Waals surface area (Å²) in [6, 6.07) is 12.1. The smallest absolute Gasteiger partial charge is 0.407 e. The monoisotopic (exact) mass is 448 g/mol. The van der Waals surface area contributed by atoms with Crippen molar-refractivity contribution in [3.63, 3.8) is 0 Å². The number of benzene rings is 2. The van der Waals surface area contributed by atoms with E-state index in [1.54, 1.807) is 6.92 Å². The molecule has 2 unspecified atom stereocenters. The Labute approximate surface area is 184 Å². The fourth-order valence-electron chi connectivity index (χ4n) is 2.73. The number of halogens is 1. The first-order chi connectivity index (χ1) is 15.3. The van der Waals surface area contributed by atoms with Crippen molar-refractivity contribution in [2.75, 3.05) is 13.7 Å². The molecule has 0 fully saturated rings. The van der Waals surface area contributed by atoms with Gasteiger partial charge in [-0.15, -0.1) is 0 Å². The van der Waals surface area contributed by atoms with Crippen LogP contribution in [-0.2, 0) is 27.3 Å². The van der Waals surface area contributed by atoms with Crippen LogP contribution in [0, 0.1) is 10.1 Å². The highest BCUT2D eigenvalue weighted by Crippen LogP contribution is 2.29. The van der Waals surface area contributed by atoms with Crippen molar-refractivity contribution in [3.8, 4) is 5.75 Å². The number of rotatable bonds is 11. The molecule has 2 aromatic rings. The Morgan fingerprint density at radius 1 is 1.16 bits per heavy atom. The van der Waals surface area contributed by atoms with E-state index in [4.69, 9.17) is 14.2 Å². The third kappa shape index (κ3) is 7.53. The van der Waals surface area contributed by atoms with E-state index in [1.165, 1.54) is 18.2 Å². The van der Waals surface area contributed by atoms with Crippen LogP contribution in [0.15, 0.2) is 48.5 Å². The van der Waals surface area contributed by atoms with Crippen LogP contribution in [0.1, 0.15) is 24.5 Å². The van der Waals surface area contributed by atoms with Gasteiger partial charge >= 0.3 is 17.7 Å². The molecule has 0 aliphatic rings. The van der Waals surface area contributed by atoms with Gasteiger partial charge in [-0.3, -0.25) is 10.1 Å². The number of nitrogens with one attached hydrogen (secondary N) is 1. The third-order valence-corrected chi connectivity index (χ3v) is 4.51. The first kappa shape index (κ1) is 24.6. The molecule has 172 valence electrons. The van der Waals surface area contributed by atoms with Gasteiger partial charge in [0.2, 0.25) is 0 Å². The highest BCUT2D eigenvalue weighted by molar-refractivity contribution is 5.81. The molecule has 0 spiro atoms. The molecule has 0 heterocycles. The van der Waals surface area contributed by atoms with Crippen molar-refractivity contribution < 1.29 is 33.1 Å². The van der Waals surface area contributed by atoms with Crippen molar-refractivity contribution >= 4 is 17.7 Å². The summed E-state index contributed by atoms with van der Waals surface area (Å²) in [6.07, 6.45) is -2.15. The molecule has 0 radical (unpaired) electrons. The Bertz CT molecular complexity index is 924. The summed E-state index contributed by atoms with van der Waals surface area (Å²) < 4.78 is 28.4. The van der Waals surface area contributed by atoms with E-state index in [2.05, 4.69) is 5.32 Å². The van der Waals surface area contributed by atoms with Gasteiger partial charge in [0.25, 0.3) is 0 Å². The molecule has 0 bridgehead atoms. The fraction of sp³-hybridized carbons (Fsp3) is 0.364. The lowest BCUT2D eigenvalue weighted by Crippen LogP contribution is -2.43. The number of hydrogen-bond donors (Lipinski definition) is 1. The quantitative estimate of drug-likeness (QED) is 0.316. The fourth-order valence-corrected chi connectivity index (χ4v) is 2.73. The van der Waals surface area contributed by atoms with Crippen LogP contribution >= 0.6 is 0 Å². The van der Waals surface area contributed by atoms with Crippen molar-refractivity contribution in [1.82, 2.24) is 5.32 Å². The van der Waals surface area contributed by atoms with Gasteiger partial charge in [0.05, 0.1) is 12.0 Å². The van der Waals surface area contributed by atoms with Gasteiger partial charge in [0, 0.05) is 12.5 Å². The van der Waals surface area contributed by atoms with Crippen molar-refractivity contribution in [2.45, 2.75) is 38.6 Å². The number of carbonyl (C=O) groups excluding carboxylic acids is 2. The molecule has 0 aliphatic heterocycles. The minimum absolute atomic E-state index is 0.0192. The van der Waals surface area contributed by atoms with Crippen LogP contribution in [-0.4, -0.2) is 42.9 Å². The molecule has 0 saturated carbocycles. The van der Waals surface area contributed by atoms with E-state index < -0.39 is 35.8 Å². The average molecular weight is 448 g/mol. The second-order valence-electron chi connectivity index (χ2n) is 6.86. The van der Waals surface area contributed by atoms with E-state index >= 15 is 0 Å².